The zero-order chi connectivity index (χ0) is 24.7. The molecule has 3 aromatic carbocycles. The van der Waals surface area contributed by atoms with Crippen molar-refractivity contribution in [3.05, 3.63) is 65.7 Å². The summed E-state index contributed by atoms with van der Waals surface area (Å²) in [4.78, 5) is 12.4. The fraction of sp³-hybridized carbons (Fsp3) is 0.174. The van der Waals surface area contributed by atoms with Crippen LogP contribution in [0.4, 0.5) is 11.4 Å². The van der Waals surface area contributed by atoms with Crippen molar-refractivity contribution in [1.82, 2.24) is 0 Å². The summed E-state index contributed by atoms with van der Waals surface area (Å²) < 4.78 is 48.6. The number of anilines is 2. The molecular weight excluding hydrogens is 484 g/mol. The van der Waals surface area contributed by atoms with Gasteiger partial charge in [0.1, 0.15) is 23.0 Å². The van der Waals surface area contributed by atoms with E-state index >= 15 is 0 Å². The largest absolute Gasteiger partial charge is 0.497 e. The van der Waals surface area contributed by atoms with Gasteiger partial charge in [0.15, 0.2) is 6.61 Å². The van der Waals surface area contributed by atoms with Gasteiger partial charge in [0, 0.05) is 17.8 Å². The maximum Gasteiger partial charge on any atom is 0.262 e. The molecule has 0 unspecified atom stereocenters. The van der Waals surface area contributed by atoms with Crippen LogP contribution in [0.3, 0.4) is 0 Å². The Labute approximate surface area is 202 Å². The van der Waals surface area contributed by atoms with Crippen molar-refractivity contribution in [3.8, 4) is 23.0 Å². The van der Waals surface area contributed by atoms with E-state index in [0.29, 0.717) is 39.4 Å². The van der Waals surface area contributed by atoms with Gasteiger partial charge >= 0.3 is 0 Å². The molecule has 0 spiro atoms. The first-order valence-corrected chi connectivity index (χ1v) is 11.7. The van der Waals surface area contributed by atoms with E-state index in [1.54, 1.807) is 24.3 Å². The van der Waals surface area contributed by atoms with Gasteiger partial charge in [-0.3, -0.25) is 9.52 Å². The minimum absolute atomic E-state index is 0.0399. The molecule has 9 nitrogen and oxygen atoms in total. The highest BCUT2D eigenvalue weighted by Crippen LogP contribution is 2.35. The number of carbonyl (C=O) groups excluding carboxylic acids is 1. The number of ether oxygens (including phenoxy) is 4. The average Bonchev–Trinajstić information content (AvgIpc) is 2.84. The van der Waals surface area contributed by atoms with Gasteiger partial charge in [0.05, 0.1) is 36.9 Å². The minimum atomic E-state index is -3.80. The maximum absolute atomic E-state index is 12.6. The number of hydrogen-bond acceptors (Lipinski definition) is 7. The van der Waals surface area contributed by atoms with E-state index in [9.17, 15) is 13.2 Å². The predicted molar refractivity (Wildman–Crippen MR) is 129 cm³/mol. The van der Waals surface area contributed by atoms with Gasteiger partial charge in [-0.25, -0.2) is 8.42 Å². The highest BCUT2D eigenvalue weighted by Gasteiger charge is 2.16. The fourth-order valence-electron chi connectivity index (χ4n) is 2.88. The second-order valence-corrected chi connectivity index (χ2v) is 8.92. The van der Waals surface area contributed by atoms with Crippen molar-refractivity contribution in [2.75, 3.05) is 38.0 Å². The predicted octanol–water partition coefficient (Wildman–Crippen LogP) is 4.18. The molecule has 34 heavy (non-hydrogen) atoms. The Bertz CT molecular complexity index is 1250. The van der Waals surface area contributed by atoms with Crippen LogP contribution in [0.25, 0.3) is 0 Å². The summed E-state index contributed by atoms with van der Waals surface area (Å²) in [6, 6.07) is 15.2. The molecule has 3 aromatic rings. The summed E-state index contributed by atoms with van der Waals surface area (Å²) >= 11 is 6.07. The molecule has 0 atom stereocenters. The number of amides is 1. The molecule has 0 saturated carbocycles. The second-order valence-electron chi connectivity index (χ2n) is 6.83. The van der Waals surface area contributed by atoms with E-state index < -0.39 is 15.9 Å². The van der Waals surface area contributed by atoms with E-state index in [4.69, 9.17) is 30.5 Å². The number of nitrogens with one attached hydrogen (secondary N) is 2. The van der Waals surface area contributed by atoms with Crippen molar-refractivity contribution < 1.29 is 32.2 Å². The third-order valence-corrected chi connectivity index (χ3v) is 6.29. The molecule has 0 heterocycles. The van der Waals surface area contributed by atoms with Gasteiger partial charge < -0.3 is 24.3 Å². The van der Waals surface area contributed by atoms with Crippen LogP contribution in [0.15, 0.2) is 65.6 Å². The van der Waals surface area contributed by atoms with Crippen molar-refractivity contribution in [1.29, 1.82) is 0 Å². The van der Waals surface area contributed by atoms with Crippen LogP contribution in [-0.2, 0) is 14.8 Å². The Morgan fingerprint density at radius 3 is 2.06 bits per heavy atom. The van der Waals surface area contributed by atoms with Crippen molar-refractivity contribution in [3.63, 3.8) is 0 Å². The molecule has 0 fully saturated rings. The molecule has 180 valence electrons. The fourth-order valence-corrected chi connectivity index (χ4v) is 4.17. The summed E-state index contributed by atoms with van der Waals surface area (Å²) in [5.41, 5.74) is 0.760. The SMILES string of the molecule is COc1ccc(NS(=O)(=O)c2ccc(OCC(=O)Nc3cc(OC)c(Cl)cc3OC)cc2)cc1. The molecule has 0 aliphatic rings. The average molecular weight is 507 g/mol. The Balaban J connectivity index is 1.61. The smallest absolute Gasteiger partial charge is 0.262 e. The molecule has 0 radical (unpaired) electrons. The van der Waals surface area contributed by atoms with E-state index in [0.717, 1.165) is 0 Å². The zero-order valence-electron chi connectivity index (χ0n) is 18.6. The number of halogens is 1. The Morgan fingerprint density at radius 2 is 1.47 bits per heavy atom. The first-order valence-electron chi connectivity index (χ1n) is 9.87. The molecule has 0 aromatic heterocycles. The van der Waals surface area contributed by atoms with E-state index in [1.165, 1.54) is 57.7 Å². The summed E-state index contributed by atoms with van der Waals surface area (Å²) in [6.45, 7) is -0.315. The highest BCUT2D eigenvalue weighted by atomic mass is 35.5. The van der Waals surface area contributed by atoms with E-state index in [1.807, 2.05) is 0 Å². The second kappa shape index (κ2) is 11.0. The van der Waals surface area contributed by atoms with Crippen molar-refractivity contribution in [2.24, 2.45) is 0 Å². The standard InChI is InChI=1S/C23H23ClN2O7S/c1-30-16-6-4-15(5-7-16)26-34(28,29)18-10-8-17(9-11-18)33-14-23(27)25-20-13-21(31-2)19(24)12-22(20)32-3/h4-13,26H,14H2,1-3H3,(H,25,27). The van der Waals surface area contributed by atoms with Crippen LogP contribution in [0.1, 0.15) is 0 Å². The summed E-state index contributed by atoms with van der Waals surface area (Å²) in [5.74, 6) is 1.21. The van der Waals surface area contributed by atoms with Crippen LogP contribution in [0.2, 0.25) is 5.02 Å². The topological polar surface area (TPSA) is 112 Å². The number of carbonyl (C=O) groups is 1. The highest BCUT2D eigenvalue weighted by molar-refractivity contribution is 7.92. The van der Waals surface area contributed by atoms with Gasteiger partial charge in [0.2, 0.25) is 0 Å². The summed E-state index contributed by atoms with van der Waals surface area (Å²) in [7, 11) is 0.629. The van der Waals surface area contributed by atoms with Gasteiger partial charge in [-0.2, -0.15) is 0 Å². The molecule has 3 rings (SSSR count). The van der Waals surface area contributed by atoms with Crippen LogP contribution < -0.4 is 29.0 Å². The lowest BCUT2D eigenvalue weighted by molar-refractivity contribution is -0.118. The van der Waals surface area contributed by atoms with Crippen LogP contribution >= 0.6 is 11.6 Å². The molecule has 1 amide bonds. The van der Waals surface area contributed by atoms with Crippen molar-refractivity contribution >= 4 is 38.9 Å². The van der Waals surface area contributed by atoms with Gasteiger partial charge in [0.25, 0.3) is 15.9 Å². The summed E-state index contributed by atoms with van der Waals surface area (Å²) in [6.07, 6.45) is 0. The molecule has 11 heteroatoms. The quantitative estimate of drug-likeness (QED) is 0.424. The van der Waals surface area contributed by atoms with Gasteiger partial charge in [-0.1, -0.05) is 11.6 Å². The molecular formula is C23H23ClN2O7S. The first-order chi connectivity index (χ1) is 16.2. The lowest BCUT2D eigenvalue weighted by Crippen LogP contribution is -2.20. The molecule has 0 aliphatic carbocycles. The lowest BCUT2D eigenvalue weighted by Gasteiger charge is -2.13. The first kappa shape index (κ1) is 25.0. The monoisotopic (exact) mass is 506 g/mol. The number of hydrogen-bond donors (Lipinski definition) is 2. The zero-order valence-corrected chi connectivity index (χ0v) is 20.2. The molecule has 0 saturated heterocycles. The number of benzene rings is 3. The molecule has 0 bridgehead atoms. The number of sulfonamides is 1. The normalized spacial score (nSPS) is 10.8. The summed E-state index contributed by atoms with van der Waals surface area (Å²) in [5, 5.41) is 3.00. The lowest BCUT2D eigenvalue weighted by atomic mass is 10.2. The van der Waals surface area contributed by atoms with Crippen LogP contribution in [-0.4, -0.2) is 42.3 Å². The Morgan fingerprint density at radius 1 is 0.853 bits per heavy atom. The third-order valence-electron chi connectivity index (χ3n) is 4.59. The molecule has 0 aliphatic heterocycles. The van der Waals surface area contributed by atoms with Gasteiger partial charge in [-0.05, 0) is 48.5 Å². The molecule has 2 N–H and O–H groups in total. The van der Waals surface area contributed by atoms with Crippen molar-refractivity contribution in [2.45, 2.75) is 4.90 Å². The number of methoxy groups -OCH3 is 3. The van der Waals surface area contributed by atoms with Crippen LogP contribution in [0, 0.1) is 0 Å². The van der Waals surface area contributed by atoms with Gasteiger partial charge in [-0.15, -0.1) is 0 Å². The maximum atomic E-state index is 12.6. The van der Waals surface area contributed by atoms with E-state index in [-0.39, 0.29) is 11.5 Å². The van der Waals surface area contributed by atoms with Crippen LogP contribution in [0.5, 0.6) is 23.0 Å². The van der Waals surface area contributed by atoms with E-state index in [2.05, 4.69) is 10.0 Å². The minimum Gasteiger partial charge on any atom is -0.497 e. The third kappa shape index (κ3) is 6.24. The Hall–Kier alpha value is -3.63. The Kier molecular flexibility index (Phi) is 8.08. The number of rotatable bonds is 10.